The van der Waals surface area contributed by atoms with Crippen molar-refractivity contribution in [2.75, 3.05) is 10.8 Å². The van der Waals surface area contributed by atoms with Gasteiger partial charge in [-0.1, -0.05) is 72.8 Å². The molecule has 0 unspecified atom stereocenters. The smallest absolute Gasteiger partial charge is 0.269 e. The Balaban J connectivity index is 1.82. The van der Waals surface area contributed by atoms with E-state index in [-0.39, 0.29) is 41.2 Å². The number of carbonyl (C=O) groups excluding carboxylic acids is 2. The van der Waals surface area contributed by atoms with Crippen LogP contribution in [0.3, 0.4) is 0 Å². The highest BCUT2D eigenvalue weighted by atomic mass is 32.2. The monoisotopic (exact) mass is 628 g/mol. The maximum absolute atomic E-state index is 14.4. The largest absolute Gasteiger partial charge is 0.352 e. The van der Waals surface area contributed by atoms with Gasteiger partial charge in [-0.05, 0) is 61.7 Å². The van der Waals surface area contributed by atoms with E-state index in [4.69, 9.17) is 0 Å². The molecule has 4 aromatic carbocycles. The molecule has 0 fully saturated rings. The first kappa shape index (κ1) is 32.9. The number of nitro groups is 1. The Morgan fingerprint density at radius 1 is 0.844 bits per heavy atom. The third-order valence-electron chi connectivity index (χ3n) is 7.26. The van der Waals surface area contributed by atoms with Gasteiger partial charge in [-0.25, -0.2) is 8.42 Å². The minimum Gasteiger partial charge on any atom is -0.352 e. The van der Waals surface area contributed by atoms with E-state index in [0.29, 0.717) is 0 Å². The number of nitrogens with one attached hydrogen (secondary N) is 1. The highest BCUT2D eigenvalue weighted by Crippen LogP contribution is 2.27. The van der Waals surface area contributed by atoms with E-state index in [1.165, 1.54) is 41.3 Å². The number of non-ortho nitro benzene ring substituents is 1. The van der Waals surface area contributed by atoms with Crippen LogP contribution in [0.15, 0.2) is 114 Å². The van der Waals surface area contributed by atoms with Crippen molar-refractivity contribution in [1.82, 2.24) is 10.2 Å². The Labute approximate surface area is 263 Å². The molecule has 0 heterocycles. The van der Waals surface area contributed by atoms with Gasteiger partial charge in [0, 0.05) is 31.1 Å². The molecular weight excluding hydrogens is 592 g/mol. The SMILES string of the molecule is Cc1ccccc1CN(C(=O)CN(c1ccc([N+](=O)[O-])cc1)S(=O)(=O)c1ccccc1)[C@H](Cc1ccccc1)C(=O)NC(C)C. The second-order valence-corrected chi connectivity index (χ2v) is 12.8. The average Bonchev–Trinajstić information content (AvgIpc) is 3.02. The Bertz CT molecular complexity index is 1730. The Morgan fingerprint density at radius 2 is 1.42 bits per heavy atom. The van der Waals surface area contributed by atoms with Gasteiger partial charge >= 0.3 is 0 Å². The van der Waals surface area contributed by atoms with Crippen LogP contribution in [-0.4, -0.2) is 48.7 Å². The fraction of sp³-hybridized carbons (Fsp3) is 0.235. The Kier molecular flexibility index (Phi) is 10.7. The van der Waals surface area contributed by atoms with Gasteiger partial charge in [0.25, 0.3) is 15.7 Å². The summed E-state index contributed by atoms with van der Waals surface area (Å²) in [5.74, 6) is -0.987. The molecule has 11 heteroatoms. The van der Waals surface area contributed by atoms with Crippen LogP contribution < -0.4 is 9.62 Å². The first-order chi connectivity index (χ1) is 21.5. The lowest BCUT2D eigenvalue weighted by molar-refractivity contribution is -0.384. The number of hydrogen-bond acceptors (Lipinski definition) is 6. The topological polar surface area (TPSA) is 130 Å². The van der Waals surface area contributed by atoms with Gasteiger partial charge in [-0.15, -0.1) is 0 Å². The summed E-state index contributed by atoms with van der Waals surface area (Å²) in [6, 6.07) is 28.2. The van der Waals surface area contributed by atoms with Crippen molar-refractivity contribution in [2.24, 2.45) is 0 Å². The molecule has 0 saturated carbocycles. The standard InChI is InChI=1S/C34H36N4O6S/c1-25(2)35-34(40)32(22-27-13-6-4-7-14-27)36(23-28-15-11-10-12-26(28)3)33(39)24-37(29-18-20-30(21-19-29)38(41)42)45(43,44)31-16-8-5-9-17-31/h4-21,25,32H,22-24H2,1-3H3,(H,35,40)/t32-/m1/s1. The zero-order valence-corrected chi connectivity index (χ0v) is 26.2. The number of benzene rings is 4. The maximum atomic E-state index is 14.4. The van der Waals surface area contributed by atoms with Crippen molar-refractivity contribution < 1.29 is 22.9 Å². The minimum absolute atomic E-state index is 0.0496. The quantitative estimate of drug-likeness (QED) is 0.159. The van der Waals surface area contributed by atoms with Crippen LogP contribution in [0.1, 0.15) is 30.5 Å². The molecule has 0 spiro atoms. The molecule has 234 valence electrons. The Hall–Kier alpha value is -5.03. The lowest BCUT2D eigenvalue weighted by Gasteiger charge is -2.34. The third-order valence-corrected chi connectivity index (χ3v) is 9.05. The van der Waals surface area contributed by atoms with E-state index in [9.17, 15) is 28.1 Å². The van der Waals surface area contributed by atoms with Crippen molar-refractivity contribution in [3.8, 4) is 0 Å². The van der Waals surface area contributed by atoms with E-state index in [1.54, 1.807) is 18.2 Å². The molecule has 45 heavy (non-hydrogen) atoms. The zero-order chi connectivity index (χ0) is 32.6. The van der Waals surface area contributed by atoms with Gasteiger partial charge in [0.1, 0.15) is 12.6 Å². The van der Waals surface area contributed by atoms with Crippen LogP contribution in [0, 0.1) is 17.0 Å². The first-order valence-electron chi connectivity index (χ1n) is 14.5. The summed E-state index contributed by atoms with van der Waals surface area (Å²) in [5, 5.41) is 14.2. The molecule has 4 aromatic rings. The number of nitrogens with zero attached hydrogens (tertiary/aromatic N) is 3. The second kappa shape index (κ2) is 14.6. The maximum Gasteiger partial charge on any atom is 0.269 e. The summed E-state index contributed by atoms with van der Waals surface area (Å²) in [5.41, 5.74) is 2.38. The summed E-state index contributed by atoms with van der Waals surface area (Å²) in [6.07, 6.45) is 0.194. The second-order valence-electron chi connectivity index (χ2n) is 10.9. The van der Waals surface area contributed by atoms with E-state index in [2.05, 4.69) is 5.32 Å². The molecule has 0 bridgehead atoms. The number of aryl methyl sites for hydroxylation is 1. The van der Waals surface area contributed by atoms with Gasteiger partial charge in [0.05, 0.1) is 15.5 Å². The van der Waals surface area contributed by atoms with E-state index in [1.807, 2.05) is 75.4 Å². The van der Waals surface area contributed by atoms with Crippen molar-refractivity contribution in [2.45, 2.75) is 50.7 Å². The molecular formula is C34H36N4O6S. The van der Waals surface area contributed by atoms with Crippen LogP contribution in [-0.2, 0) is 32.6 Å². The molecule has 10 nitrogen and oxygen atoms in total. The van der Waals surface area contributed by atoms with E-state index < -0.39 is 33.4 Å². The van der Waals surface area contributed by atoms with Gasteiger partial charge in [-0.2, -0.15) is 0 Å². The van der Waals surface area contributed by atoms with Crippen LogP contribution in [0.4, 0.5) is 11.4 Å². The van der Waals surface area contributed by atoms with Crippen LogP contribution in [0.2, 0.25) is 0 Å². The normalized spacial score (nSPS) is 11.9. The third kappa shape index (κ3) is 8.33. The van der Waals surface area contributed by atoms with E-state index in [0.717, 1.165) is 21.0 Å². The molecule has 0 aliphatic heterocycles. The van der Waals surface area contributed by atoms with Crippen LogP contribution in [0.25, 0.3) is 0 Å². The number of hydrogen-bond donors (Lipinski definition) is 1. The molecule has 0 saturated heterocycles. The predicted octanol–water partition coefficient (Wildman–Crippen LogP) is 5.26. The molecule has 4 rings (SSSR count). The van der Waals surface area contributed by atoms with Crippen LogP contribution >= 0.6 is 0 Å². The van der Waals surface area contributed by atoms with Crippen molar-refractivity contribution in [1.29, 1.82) is 0 Å². The highest BCUT2D eigenvalue weighted by molar-refractivity contribution is 7.92. The number of anilines is 1. The number of carbonyl (C=O) groups is 2. The summed E-state index contributed by atoms with van der Waals surface area (Å²) in [4.78, 5) is 40.3. The number of amides is 2. The summed E-state index contributed by atoms with van der Waals surface area (Å²) >= 11 is 0. The zero-order valence-electron chi connectivity index (χ0n) is 25.4. The number of sulfonamides is 1. The first-order valence-corrected chi connectivity index (χ1v) is 15.9. The van der Waals surface area contributed by atoms with Gasteiger partial charge in [-0.3, -0.25) is 24.0 Å². The predicted molar refractivity (Wildman–Crippen MR) is 173 cm³/mol. The number of rotatable bonds is 13. The van der Waals surface area contributed by atoms with Gasteiger partial charge < -0.3 is 10.2 Å². The molecule has 0 radical (unpaired) electrons. The minimum atomic E-state index is -4.31. The molecule has 2 amide bonds. The molecule has 1 N–H and O–H groups in total. The lowest BCUT2D eigenvalue weighted by Crippen LogP contribution is -2.54. The highest BCUT2D eigenvalue weighted by Gasteiger charge is 2.35. The summed E-state index contributed by atoms with van der Waals surface area (Å²) in [6.45, 7) is 4.96. The molecule has 0 aliphatic carbocycles. The molecule has 0 aliphatic rings. The van der Waals surface area contributed by atoms with Crippen molar-refractivity contribution in [3.63, 3.8) is 0 Å². The van der Waals surface area contributed by atoms with Gasteiger partial charge in [0.2, 0.25) is 11.8 Å². The lowest BCUT2D eigenvalue weighted by atomic mass is 10.0. The fourth-order valence-corrected chi connectivity index (χ4v) is 6.33. The average molecular weight is 629 g/mol. The van der Waals surface area contributed by atoms with Crippen molar-refractivity contribution in [3.05, 3.63) is 136 Å². The molecule has 1 atom stereocenters. The van der Waals surface area contributed by atoms with E-state index >= 15 is 0 Å². The summed E-state index contributed by atoms with van der Waals surface area (Å²) < 4.78 is 28.9. The van der Waals surface area contributed by atoms with Crippen LogP contribution in [0.5, 0.6) is 0 Å². The Morgan fingerprint density at radius 3 is 2.00 bits per heavy atom. The molecule has 0 aromatic heterocycles. The number of nitro benzene ring substituents is 1. The summed E-state index contributed by atoms with van der Waals surface area (Å²) in [7, 11) is -4.31. The van der Waals surface area contributed by atoms with Crippen molar-refractivity contribution >= 4 is 33.2 Å². The fourth-order valence-electron chi connectivity index (χ4n) is 4.89. The van der Waals surface area contributed by atoms with Gasteiger partial charge in [0.15, 0.2) is 0 Å².